The molecule has 0 spiro atoms. The lowest BCUT2D eigenvalue weighted by molar-refractivity contribution is -0.0511. The molecule has 9 heteroatoms. The Morgan fingerprint density at radius 2 is 2.08 bits per heavy atom. The number of hydrogen-bond donors (Lipinski definition) is 4. The van der Waals surface area contributed by atoms with Crippen LogP contribution in [0.25, 0.3) is 11.2 Å². The molecule has 3 rings (SSSR count). The van der Waals surface area contributed by atoms with E-state index >= 15 is 0 Å². The fourth-order valence-corrected chi connectivity index (χ4v) is 3.11. The van der Waals surface area contributed by atoms with Crippen molar-refractivity contribution in [2.24, 2.45) is 0 Å². The number of nitrogens with one attached hydrogen (secondary N) is 1. The van der Waals surface area contributed by atoms with E-state index in [0.29, 0.717) is 17.9 Å². The molecule has 0 bridgehead atoms. The lowest BCUT2D eigenvalue weighted by atomic mass is 10.1. The average molecular weight is 352 g/mol. The van der Waals surface area contributed by atoms with Crippen LogP contribution < -0.4 is 5.56 Å². The Morgan fingerprint density at radius 3 is 2.76 bits per heavy atom. The van der Waals surface area contributed by atoms with Gasteiger partial charge in [-0.15, -0.1) is 0 Å². The van der Waals surface area contributed by atoms with E-state index in [4.69, 9.17) is 4.74 Å². The summed E-state index contributed by atoms with van der Waals surface area (Å²) in [5, 5.41) is 29.3. The third-order valence-electron chi connectivity index (χ3n) is 4.54. The molecule has 1 aliphatic rings. The van der Waals surface area contributed by atoms with Crippen LogP contribution in [-0.4, -0.2) is 59.8 Å². The molecule has 2 aromatic heterocycles. The summed E-state index contributed by atoms with van der Waals surface area (Å²) in [7, 11) is 0. The maximum atomic E-state index is 12.2. The summed E-state index contributed by atoms with van der Waals surface area (Å²) >= 11 is 0. The van der Waals surface area contributed by atoms with Crippen LogP contribution in [0.4, 0.5) is 0 Å². The van der Waals surface area contributed by atoms with E-state index in [-0.39, 0.29) is 11.1 Å². The molecule has 4 N–H and O–H groups in total. The lowest BCUT2D eigenvalue weighted by Crippen LogP contribution is -2.33. The topological polar surface area (TPSA) is 133 Å². The number of hydrogen-bond acceptors (Lipinski definition) is 7. The number of nitrogens with zero attached hydrogens (tertiary/aromatic N) is 3. The SMILES string of the molecule is CCCCCCc1nc2c(ncn2[C@@H]2O[C@H](CO)[C@@H](O)[C@H]2O)c(=O)[nH]1. The number of aromatic amines is 1. The molecule has 9 nitrogen and oxygen atoms in total. The van der Waals surface area contributed by atoms with Gasteiger partial charge in [0.15, 0.2) is 17.4 Å². The van der Waals surface area contributed by atoms with Gasteiger partial charge >= 0.3 is 0 Å². The van der Waals surface area contributed by atoms with Gasteiger partial charge in [0.25, 0.3) is 5.56 Å². The van der Waals surface area contributed by atoms with Gasteiger partial charge < -0.3 is 25.0 Å². The number of aromatic nitrogens is 4. The molecular weight excluding hydrogens is 328 g/mol. The molecule has 0 aliphatic carbocycles. The molecule has 0 aromatic carbocycles. The normalized spacial score (nSPS) is 26.6. The first-order valence-corrected chi connectivity index (χ1v) is 8.65. The largest absolute Gasteiger partial charge is 0.394 e. The number of aryl methyl sites for hydroxylation is 1. The number of aliphatic hydroxyl groups is 3. The second-order valence-corrected chi connectivity index (χ2v) is 6.38. The molecule has 138 valence electrons. The Balaban J connectivity index is 1.89. The van der Waals surface area contributed by atoms with Crippen molar-refractivity contribution in [3.05, 3.63) is 22.5 Å². The molecule has 3 heterocycles. The van der Waals surface area contributed by atoms with E-state index in [0.717, 1.165) is 25.7 Å². The van der Waals surface area contributed by atoms with E-state index in [1.165, 1.54) is 10.9 Å². The summed E-state index contributed by atoms with van der Waals surface area (Å²) in [6.07, 6.45) is 1.92. The fraction of sp³-hybridized carbons (Fsp3) is 0.688. The number of imidazole rings is 1. The number of ether oxygens (including phenoxy) is 1. The third-order valence-corrected chi connectivity index (χ3v) is 4.54. The fourth-order valence-electron chi connectivity index (χ4n) is 3.11. The van der Waals surface area contributed by atoms with E-state index in [2.05, 4.69) is 21.9 Å². The Hall–Kier alpha value is -1.81. The smallest absolute Gasteiger partial charge is 0.279 e. The average Bonchev–Trinajstić information content (AvgIpc) is 3.14. The number of H-pyrrole nitrogens is 1. The first-order chi connectivity index (χ1) is 12.1. The Kier molecular flexibility index (Phi) is 5.48. The van der Waals surface area contributed by atoms with Gasteiger partial charge in [0, 0.05) is 6.42 Å². The van der Waals surface area contributed by atoms with Crippen LogP contribution in [-0.2, 0) is 11.2 Å². The minimum absolute atomic E-state index is 0.148. The molecular formula is C16H24N4O5. The molecule has 0 saturated carbocycles. The van der Waals surface area contributed by atoms with Crippen molar-refractivity contribution >= 4 is 11.2 Å². The molecule has 0 unspecified atom stereocenters. The van der Waals surface area contributed by atoms with Crippen LogP contribution in [0.2, 0.25) is 0 Å². The number of fused-ring (bicyclic) bond motifs is 1. The minimum Gasteiger partial charge on any atom is -0.394 e. The van der Waals surface area contributed by atoms with Crippen molar-refractivity contribution < 1.29 is 20.1 Å². The predicted octanol–water partition coefficient (Wildman–Crippen LogP) is -0.146. The summed E-state index contributed by atoms with van der Waals surface area (Å²) in [5.74, 6) is 0.557. The Morgan fingerprint density at radius 1 is 1.28 bits per heavy atom. The van der Waals surface area contributed by atoms with E-state index in [1.54, 1.807) is 0 Å². The van der Waals surface area contributed by atoms with Gasteiger partial charge in [0.1, 0.15) is 24.1 Å². The molecule has 0 radical (unpaired) electrons. The van der Waals surface area contributed by atoms with Crippen LogP contribution in [0.15, 0.2) is 11.1 Å². The van der Waals surface area contributed by atoms with Crippen LogP contribution >= 0.6 is 0 Å². The first-order valence-electron chi connectivity index (χ1n) is 8.65. The Labute approximate surface area is 144 Å². The van der Waals surface area contributed by atoms with Gasteiger partial charge in [-0.05, 0) is 6.42 Å². The van der Waals surface area contributed by atoms with Gasteiger partial charge in [-0.2, -0.15) is 0 Å². The van der Waals surface area contributed by atoms with Crippen LogP contribution in [0, 0.1) is 0 Å². The second-order valence-electron chi connectivity index (χ2n) is 6.38. The second kappa shape index (κ2) is 7.61. The lowest BCUT2D eigenvalue weighted by Gasteiger charge is -2.16. The highest BCUT2D eigenvalue weighted by Crippen LogP contribution is 2.30. The van der Waals surface area contributed by atoms with Crippen molar-refractivity contribution in [2.75, 3.05) is 6.61 Å². The van der Waals surface area contributed by atoms with Gasteiger partial charge in [-0.3, -0.25) is 9.36 Å². The van der Waals surface area contributed by atoms with Gasteiger partial charge in [-0.25, -0.2) is 9.97 Å². The quantitative estimate of drug-likeness (QED) is 0.509. The maximum Gasteiger partial charge on any atom is 0.279 e. The molecule has 1 fully saturated rings. The minimum atomic E-state index is -1.25. The van der Waals surface area contributed by atoms with Gasteiger partial charge in [0.05, 0.1) is 12.9 Å². The highest BCUT2D eigenvalue weighted by Gasteiger charge is 2.44. The van der Waals surface area contributed by atoms with Crippen molar-refractivity contribution in [3.63, 3.8) is 0 Å². The molecule has 1 aliphatic heterocycles. The highest BCUT2D eigenvalue weighted by atomic mass is 16.6. The summed E-state index contributed by atoms with van der Waals surface area (Å²) in [5.41, 5.74) is 0.0973. The van der Waals surface area contributed by atoms with Crippen LogP contribution in [0.5, 0.6) is 0 Å². The van der Waals surface area contributed by atoms with Crippen LogP contribution in [0.3, 0.4) is 0 Å². The summed E-state index contributed by atoms with van der Waals surface area (Å²) in [6, 6.07) is 0. The van der Waals surface area contributed by atoms with Gasteiger partial charge in [0.2, 0.25) is 0 Å². The first kappa shape index (κ1) is 18.0. The molecule has 2 aromatic rings. The third kappa shape index (κ3) is 3.45. The number of unbranched alkanes of at least 4 members (excludes halogenated alkanes) is 3. The molecule has 1 saturated heterocycles. The van der Waals surface area contributed by atoms with Crippen molar-refractivity contribution in [1.29, 1.82) is 0 Å². The van der Waals surface area contributed by atoms with Crippen LogP contribution in [0.1, 0.15) is 44.7 Å². The van der Waals surface area contributed by atoms with Gasteiger partial charge in [-0.1, -0.05) is 26.2 Å². The molecule has 25 heavy (non-hydrogen) atoms. The summed E-state index contributed by atoms with van der Waals surface area (Å²) < 4.78 is 6.94. The number of aliphatic hydroxyl groups excluding tert-OH is 3. The number of rotatable bonds is 7. The predicted molar refractivity (Wildman–Crippen MR) is 89.0 cm³/mol. The van der Waals surface area contributed by atoms with E-state index in [9.17, 15) is 20.1 Å². The monoisotopic (exact) mass is 352 g/mol. The molecule has 4 atom stereocenters. The standard InChI is InChI=1S/C16H24N4O5/c1-2-3-4-5-6-10-18-14-11(15(24)19-10)17-8-20(14)16-13(23)12(22)9(7-21)25-16/h8-9,12-13,16,21-23H,2-7H2,1H3,(H,18,19,24)/t9-,12-,13-,16-/m1/s1. The Bertz CT molecular complexity index is 773. The van der Waals surface area contributed by atoms with Crippen molar-refractivity contribution in [2.45, 2.75) is 63.6 Å². The zero-order chi connectivity index (χ0) is 18.0. The molecule has 0 amide bonds. The summed E-state index contributed by atoms with van der Waals surface area (Å²) in [4.78, 5) is 23.5. The van der Waals surface area contributed by atoms with E-state index < -0.39 is 31.1 Å². The zero-order valence-corrected chi connectivity index (χ0v) is 14.1. The zero-order valence-electron chi connectivity index (χ0n) is 14.1. The highest BCUT2D eigenvalue weighted by molar-refractivity contribution is 5.69. The van der Waals surface area contributed by atoms with Crippen molar-refractivity contribution in [3.8, 4) is 0 Å². The maximum absolute atomic E-state index is 12.2. The van der Waals surface area contributed by atoms with Crippen molar-refractivity contribution in [1.82, 2.24) is 19.5 Å². The summed E-state index contributed by atoms with van der Waals surface area (Å²) in [6.45, 7) is 1.71. The van der Waals surface area contributed by atoms with E-state index in [1.807, 2.05) is 0 Å².